The summed E-state index contributed by atoms with van der Waals surface area (Å²) in [5, 5.41) is 0. The molecule has 0 saturated carbocycles. The Morgan fingerprint density at radius 1 is 1.00 bits per heavy atom. The van der Waals surface area contributed by atoms with Gasteiger partial charge in [0.2, 0.25) is 9.84 Å². The van der Waals surface area contributed by atoms with Gasteiger partial charge in [0.1, 0.15) is 0 Å². The Bertz CT molecular complexity index is 1260. The van der Waals surface area contributed by atoms with Crippen LogP contribution in [-0.4, -0.2) is 47.0 Å². The van der Waals surface area contributed by atoms with Crippen molar-refractivity contribution < 1.29 is 21.6 Å². The number of amides is 1. The van der Waals surface area contributed by atoms with Gasteiger partial charge in [-0.15, -0.1) is 0 Å². The summed E-state index contributed by atoms with van der Waals surface area (Å²) >= 11 is 0. The van der Waals surface area contributed by atoms with Crippen LogP contribution in [0.3, 0.4) is 0 Å². The molecule has 31 heavy (non-hydrogen) atoms. The second-order valence-electron chi connectivity index (χ2n) is 8.08. The van der Waals surface area contributed by atoms with Crippen LogP contribution in [0.25, 0.3) is 0 Å². The maximum atomic E-state index is 13.3. The molecule has 2 aromatic rings. The topological polar surface area (TPSA) is 91.8 Å². The van der Waals surface area contributed by atoms with Crippen LogP contribution in [0.1, 0.15) is 19.8 Å². The van der Waals surface area contributed by atoms with Gasteiger partial charge in [-0.25, -0.2) is 16.8 Å². The van der Waals surface area contributed by atoms with Gasteiger partial charge in [0.15, 0.2) is 14.7 Å². The zero-order chi connectivity index (χ0) is 22.4. The van der Waals surface area contributed by atoms with E-state index in [4.69, 9.17) is 0 Å². The molecule has 0 N–H and O–H groups in total. The van der Waals surface area contributed by atoms with Gasteiger partial charge in [0.05, 0.1) is 15.5 Å². The number of carbonyl (C=O) groups is 1. The Morgan fingerprint density at radius 2 is 1.61 bits per heavy atom. The molecule has 164 valence electrons. The average molecular weight is 461 g/mol. The van der Waals surface area contributed by atoms with Crippen molar-refractivity contribution in [2.24, 2.45) is 5.92 Å². The largest absolute Gasteiger partial charge is 0.338 e. The predicted molar refractivity (Wildman–Crippen MR) is 118 cm³/mol. The molecule has 0 bridgehead atoms. The number of benzene rings is 2. The number of para-hydroxylation sites is 1. The van der Waals surface area contributed by atoms with E-state index in [0.717, 1.165) is 19.1 Å². The van der Waals surface area contributed by atoms with E-state index in [1.807, 2.05) is 0 Å². The molecule has 0 atom stereocenters. The third-order valence-corrected chi connectivity index (χ3v) is 8.69. The van der Waals surface area contributed by atoms with Crippen LogP contribution < -0.4 is 4.90 Å². The first kappa shape index (κ1) is 21.6. The number of carbonyl (C=O) groups excluding carboxylic acids is 1. The highest BCUT2D eigenvalue weighted by molar-refractivity contribution is 7.96. The maximum absolute atomic E-state index is 13.3. The number of hydrogen-bond donors (Lipinski definition) is 0. The first-order valence-electron chi connectivity index (χ1n) is 10.0. The third-order valence-electron chi connectivity index (χ3n) is 5.77. The summed E-state index contributed by atoms with van der Waals surface area (Å²) in [6.07, 6.45) is 4.16. The van der Waals surface area contributed by atoms with Crippen molar-refractivity contribution in [3.8, 4) is 0 Å². The fraction of sp³-hybridized carbons (Fsp3) is 0.318. The first-order valence-corrected chi connectivity index (χ1v) is 13.4. The molecule has 1 amide bonds. The molecule has 0 aromatic heterocycles. The fourth-order valence-corrected chi connectivity index (χ4v) is 6.03. The monoisotopic (exact) mass is 460 g/mol. The fourth-order valence-electron chi connectivity index (χ4n) is 3.86. The van der Waals surface area contributed by atoms with Gasteiger partial charge in [-0.2, -0.15) is 0 Å². The number of fused-ring (bicyclic) bond motifs is 1. The maximum Gasteiger partial charge on any atom is 0.267 e. The summed E-state index contributed by atoms with van der Waals surface area (Å²) in [7, 11) is -7.35. The molecule has 0 radical (unpaired) electrons. The zero-order valence-corrected chi connectivity index (χ0v) is 19.0. The lowest BCUT2D eigenvalue weighted by Crippen LogP contribution is -2.41. The Labute approximate surface area is 182 Å². The highest BCUT2D eigenvalue weighted by atomic mass is 32.2. The first-order chi connectivity index (χ1) is 14.6. The van der Waals surface area contributed by atoms with Crippen LogP contribution in [-0.2, 0) is 24.5 Å². The summed E-state index contributed by atoms with van der Waals surface area (Å²) in [6.45, 7) is 3.17. The average Bonchev–Trinajstić information content (AvgIpc) is 2.74. The Kier molecular flexibility index (Phi) is 5.43. The number of sulfone groups is 2. The molecule has 0 unspecified atom stereocenters. The molecule has 1 saturated heterocycles. The van der Waals surface area contributed by atoms with Gasteiger partial charge in [-0.1, -0.05) is 19.1 Å². The number of hydrogen-bond acceptors (Lipinski definition) is 6. The second kappa shape index (κ2) is 7.80. The molecule has 0 spiro atoms. The van der Waals surface area contributed by atoms with E-state index in [1.54, 1.807) is 40.1 Å². The van der Waals surface area contributed by atoms with Crippen LogP contribution >= 0.6 is 0 Å². The van der Waals surface area contributed by atoms with E-state index in [2.05, 4.69) is 6.92 Å². The van der Waals surface area contributed by atoms with E-state index in [1.165, 1.54) is 24.4 Å². The van der Waals surface area contributed by atoms with Crippen LogP contribution in [0, 0.1) is 5.92 Å². The van der Waals surface area contributed by atoms with Crippen molar-refractivity contribution in [1.29, 1.82) is 0 Å². The molecule has 2 aliphatic heterocycles. The molecule has 2 aliphatic rings. The van der Waals surface area contributed by atoms with Crippen molar-refractivity contribution in [1.82, 2.24) is 4.90 Å². The van der Waals surface area contributed by atoms with Crippen LogP contribution in [0.15, 0.2) is 69.4 Å². The number of rotatable bonds is 3. The van der Waals surface area contributed by atoms with Gasteiger partial charge in [-0.05, 0) is 55.2 Å². The van der Waals surface area contributed by atoms with Crippen molar-refractivity contribution in [2.75, 3.05) is 24.2 Å². The lowest BCUT2D eigenvalue weighted by molar-refractivity contribution is -0.127. The molecule has 2 aromatic carbocycles. The van der Waals surface area contributed by atoms with Crippen LogP contribution in [0.5, 0.6) is 0 Å². The second-order valence-corrected chi connectivity index (χ2v) is 12.0. The van der Waals surface area contributed by atoms with E-state index in [-0.39, 0.29) is 14.7 Å². The smallest absolute Gasteiger partial charge is 0.267 e. The summed E-state index contributed by atoms with van der Waals surface area (Å²) in [6, 6.07) is 12.6. The van der Waals surface area contributed by atoms with Gasteiger partial charge in [0.25, 0.3) is 5.91 Å². The molecular formula is C22H24N2O5S2. The normalized spacial score (nSPS) is 19.0. The quantitative estimate of drug-likeness (QED) is 0.699. The van der Waals surface area contributed by atoms with Crippen molar-refractivity contribution in [3.05, 3.63) is 59.6 Å². The highest BCUT2D eigenvalue weighted by Gasteiger charge is 2.38. The number of anilines is 2. The molecule has 9 heteroatoms. The molecule has 2 heterocycles. The number of likely N-dealkylation sites (tertiary alicyclic amines) is 1. The van der Waals surface area contributed by atoms with Gasteiger partial charge < -0.3 is 9.80 Å². The van der Waals surface area contributed by atoms with E-state index in [9.17, 15) is 21.6 Å². The van der Waals surface area contributed by atoms with Gasteiger partial charge in [-0.3, -0.25) is 4.79 Å². The van der Waals surface area contributed by atoms with Crippen molar-refractivity contribution >= 4 is 37.0 Å². The summed E-state index contributed by atoms with van der Waals surface area (Å²) < 4.78 is 50.2. The predicted octanol–water partition coefficient (Wildman–Crippen LogP) is 3.12. The lowest BCUT2D eigenvalue weighted by Gasteiger charge is -2.33. The minimum absolute atomic E-state index is 0.0541. The highest BCUT2D eigenvalue weighted by Crippen LogP contribution is 2.40. The Balaban J connectivity index is 1.80. The number of piperidine rings is 1. The molecule has 0 aliphatic carbocycles. The minimum Gasteiger partial charge on any atom is -0.338 e. The number of nitrogens with zero attached hydrogens (tertiary/aromatic N) is 2. The van der Waals surface area contributed by atoms with Crippen LogP contribution in [0.2, 0.25) is 0 Å². The Hall–Kier alpha value is -2.65. The Morgan fingerprint density at radius 3 is 2.23 bits per heavy atom. The van der Waals surface area contributed by atoms with Crippen LogP contribution in [0.4, 0.5) is 11.4 Å². The third kappa shape index (κ3) is 3.99. The van der Waals surface area contributed by atoms with E-state index in [0.29, 0.717) is 30.4 Å². The molecule has 4 rings (SSSR count). The zero-order valence-electron chi connectivity index (χ0n) is 17.4. The SMILES string of the molecule is CC1CCN(C(=O)C2=CN(c3ccc(S(C)(=O)=O)cc3)c3ccccc3S2(=O)=O)CC1. The summed E-state index contributed by atoms with van der Waals surface area (Å²) in [5.41, 5.74) is 0.978. The van der Waals surface area contributed by atoms with Gasteiger partial charge >= 0.3 is 0 Å². The molecule has 1 fully saturated rings. The van der Waals surface area contributed by atoms with E-state index < -0.39 is 25.6 Å². The summed E-state index contributed by atoms with van der Waals surface area (Å²) in [4.78, 5) is 16.4. The van der Waals surface area contributed by atoms with Crippen molar-refractivity contribution in [2.45, 2.75) is 29.6 Å². The molecule has 7 nitrogen and oxygen atoms in total. The minimum atomic E-state index is -3.98. The summed E-state index contributed by atoms with van der Waals surface area (Å²) in [5.74, 6) is 0.00531. The van der Waals surface area contributed by atoms with Crippen molar-refractivity contribution in [3.63, 3.8) is 0 Å². The van der Waals surface area contributed by atoms with Gasteiger partial charge in [0, 0.05) is 31.2 Å². The standard InChI is InChI=1S/C22H24N2O5S2/c1-16-11-13-23(14-12-16)22(25)21-15-24(17-7-9-18(10-8-17)30(2,26)27)19-5-3-4-6-20(19)31(21,28)29/h3-10,15-16H,11-14H2,1-2H3. The molecular weight excluding hydrogens is 436 g/mol. The van der Waals surface area contributed by atoms with E-state index >= 15 is 0 Å². The lowest BCUT2D eigenvalue weighted by atomic mass is 9.99.